The van der Waals surface area contributed by atoms with Gasteiger partial charge in [-0.2, -0.15) is 5.10 Å². The molecule has 1 aromatic carbocycles. The molecule has 0 unspecified atom stereocenters. The van der Waals surface area contributed by atoms with Crippen LogP contribution in [0.2, 0.25) is 0 Å². The summed E-state index contributed by atoms with van der Waals surface area (Å²) in [4.78, 5) is 27.7. The average Bonchev–Trinajstić information content (AvgIpc) is 3.24. The number of hydrogen-bond acceptors (Lipinski definition) is 5. The lowest BCUT2D eigenvalue weighted by Gasteiger charge is -2.09. The van der Waals surface area contributed by atoms with Crippen LogP contribution in [0.4, 0.5) is 0 Å². The first-order valence-corrected chi connectivity index (χ1v) is 8.25. The Balaban J connectivity index is 1.79. The normalized spacial score (nSPS) is 18.8. The van der Waals surface area contributed by atoms with E-state index in [1.807, 2.05) is 12.1 Å². The fourth-order valence-electron chi connectivity index (χ4n) is 3.03. The number of rotatable bonds is 2. The minimum absolute atomic E-state index is 0.135. The van der Waals surface area contributed by atoms with Crippen molar-refractivity contribution in [2.24, 2.45) is 5.73 Å². The van der Waals surface area contributed by atoms with Crippen molar-refractivity contribution in [2.75, 3.05) is 6.54 Å². The average molecular weight is 361 g/mol. The number of carbonyl (C=O) groups is 2. The molecule has 1 aliphatic rings. The molecule has 2 amide bonds. The second kappa shape index (κ2) is 6.23. The first-order valence-electron chi connectivity index (χ1n) is 8.25. The highest BCUT2D eigenvalue weighted by atomic mass is 16.3. The highest BCUT2D eigenvalue weighted by Crippen LogP contribution is 2.29. The fourth-order valence-corrected chi connectivity index (χ4v) is 3.03. The van der Waals surface area contributed by atoms with Gasteiger partial charge in [-0.3, -0.25) is 19.7 Å². The Morgan fingerprint density at radius 2 is 2.19 bits per heavy atom. The van der Waals surface area contributed by atoms with Gasteiger partial charge in [0.2, 0.25) is 5.60 Å². The van der Waals surface area contributed by atoms with E-state index in [-0.39, 0.29) is 12.1 Å². The van der Waals surface area contributed by atoms with Crippen LogP contribution >= 0.6 is 0 Å². The van der Waals surface area contributed by atoms with Crippen molar-refractivity contribution in [3.63, 3.8) is 0 Å². The molecular weight excluding hydrogens is 346 g/mol. The van der Waals surface area contributed by atoms with E-state index in [4.69, 9.17) is 5.73 Å². The van der Waals surface area contributed by atoms with Crippen LogP contribution in [0.15, 0.2) is 36.5 Å². The minimum Gasteiger partial charge on any atom is -0.369 e. The van der Waals surface area contributed by atoms with Crippen molar-refractivity contribution in [3.05, 3.63) is 47.8 Å². The van der Waals surface area contributed by atoms with Gasteiger partial charge in [0.1, 0.15) is 0 Å². The lowest BCUT2D eigenvalue weighted by molar-refractivity contribution is -0.130. The van der Waals surface area contributed by atoms with Crippen LogP contribution in [0.25, 0.3) is 22.2 Å². The molecule has 1 saturated heterocycles. The maximum Gasteiger partial charge on any atom is 0.269 e. The molecule has 0 radical (unpaired) electrons. The zero-order valence-corrected chi connectivity index (χ0v) is 14.1. The van der Waals surface area contributed by atoms with E-state index < -0.39 is 17.4 Å². The number of primary amides is 1. The summed E-state index contributed by atoms with van der Waals surface area (Å²) in [5.74, 6) is 4.34. The summed E-state index contributed by atoms with van der Waals surface area (Å²) >= 11 is 0. The highest BCUT2D eigenvalue weighted by molar-refractivity contribution is 6.09. The molecule has 8 nitrogen and oxygen atoms in total. The van der Waals surface area contributed by atoms with E-state index in [1.54, 1.807) is 24.4 Å². The molecule has 3 heterocycles. The van der Waals surface area contributed by atoms with Crippen LogP contribution in [0.5, 0.6) is 0 Å². The summed E-state index contributed by atoms with van der Waals surface area (Å²) in [6.45, 7) is 0.393. The van der Waals surface area contributed by atoms with Crippen molar-refractivity contribution in [1.29, 1.82) is 0 Å². The topological polar surface area (TPSA) is 134 Å². The van der Waals surface area contributed by atoms with Gasteiger partial charge in [0.15, 0.2) is 5.69 Å². The fraction of sp³-hybridized carbons (Fsp3) is 0.158. The summed E-state index contributed by atoms with van der Waals surface area (Å²) in [5.41, 5.74) is 6.37. The van der Waals surface area contributed by atoms with Gasteiger partial charge in [0, 0.05) is 35.7 Å². The molecule has 1 aliphatic heterocycles. The van der Waals surface area contributed by atoms with Gasteiger partial charge in [-0.25, -0.2) is 0 Å². The van der Waals surface area contributed by atoms with Crippen LogP contribution in [-0.4, -0.2) is 44.2 Å². The SMILES string of the molecule is NC(=O)c1n[nH]c2cccc(-c3cc(C#C[C@]4(O)CCNC4=O)ccn3)c12. The Kier molecular flexibility index (Phi) is 3.86. The molecule has 4 rings (SSSR count). The van der Waals surface area contributed by atoms with Gasteiger partial charge in [-0.05, 0) is 18.2 Å². The minimum atomic E-state index is -1.67. The number of nitrogens with zero attached hydrogens (tertiary/aromatic N) is 2. The lowest BCUT2D eigenvalue weighted by atomic mass is 10.0. The van der Waals surface area contributed by atoms with E-state index in [1.165, 1.54) is 0 Å². The summed E-state index contributed by atoms with van der Waals surface area (Å²) in [6.07, 6.45) is 1.81. The number of pyridine rings is 1. The van der Waals surface area contributed by atoms with E-state index >= 15 is 0 Å². The van der Waals surface area contributed by atoms with Crippen molar-refractivity contribution in [3.8, 4) is 23.1 Å². The van der Waals surface area contributed by atoms with Gasteiger partial charge < -0.3 is 16.2 Å². The van der Waals surface area contributed by atoms with E-state index in [9.17, 15) is 14.7 Å². The second-order valence-electron chi connectivity index (χ2n) is 6.21. The molecule has 2 aromatic heterocycles. The van der Waals surface area contributed by atoms with Crippen LogP contribution in [-0.2, 0) is 4.79 Å². The summed E-state index contributed by atoms with van der Waals surface area (Å²) < 4.78 is 0. The van der Waals surface area contributed by atoms with Gasteiger partial charge in [0.25, 0.3) is 11.8 Å². The van der Waals surface area contributed by atoms with E-state index in [0.29, 0.717) is 34.3 Å². The number of nitrogens with one attached hydrogen (secondary N) is 2. The Morgan fingerprint density at radius 1 is 1.33 bits per heavy atom. The Labute approximate surface area is 153 Å². The third-order valence-corrected chi connectivity index (χ3v) is 4.42. The van der Waals surface area contributed by atoms with Crippen LogP contribution in [0, 0.1) is 11.8 Å². The van der Waals surface area contributed by atoms with Gasteiger partial charge in [-0.1, -0.05) is 24.0 Å². The van der Waals surface area contributed by atoms with Crippen LogP contribution in [0.1, 0.15) is 22.5 Å². The number of aromatic nitrogens is 3. The number of fused-ring (bicyclic) bond motifs is 1. The maximum atomic E-state index is 11.7. The number of hydrogen-bond donors (Lipinski definition) is 4. The monoisotopic (exact) mass is 361 g/mol. The van der Waals surface area contributed by atoms with Crippen molar-refractivity contribution in [2.45, 2.75) is 12.0 Å². The van der Waals surface area contributed by atoms with Crippen molar-refractivity contribution >= 4 is 22.7 Å². The molecule has 27 heavy (non-hydrogen) atoms. The standard InChI is InChI=1S/C19H15N5O3/c20-17(25)16-15-12(2-1-3-13(15)23-24-16)14-10-11(5-8-21-14)4-6-19(27)7-9-22-18(19)26/h1-3,5,8,10,27H,7,9H2,(H2,20,25)(H,22,26)(H,23,24)/t19-/m0/s1. The number of aliphatic hydroxyl groups is 1. The zero-order chi connectivity index (χ0) is 19.0. The third-order valence-electron chi connectivity index (χ3n) is 4.42. The molecule has 0 aliphatic carbocycles. The first kappa shape index (κ1) is 16.8. The third kappa shape index (κ3) is 2.90. The number of amides is 2. The first-order chi connectivity index (χ1) is 13.0. The molecule has 1 atom stereocenters. The molecule has 3 aromatic rings. The predicted octanol–water partition coefficient (Wildman–Crippen LogP) is 0.326. The van der Waals surface area contributed by atoms with Gasteiger partial charge in [0.05, 0.1) is 11.2 Å². The maximum absolute atomic E-state index is 11.7. The molecule has 0 saturated carbocycles. The van der Waals surface area contributed by atoms with Gasteiger partial charge >= 0.3 is 0 Å². The second-order valence-corrected chi connectivity index (χ2v) is 6.21. The zero-order valence-electron chi connectivity index (χ0n) is 14.1. The predicted molar refractivity (Wildman–Crippen MR) is 97.3 cm³/mol. The summed E-state index contributed by atoms with van der Waals surface area (Å²) in [6, 6.07) is 8.80. The molecule has 8 heteroatoms. The van der Waals surface area contributed by atoms with Crippen LogP contribution in [0.3, 0.4) is 0 Å². The number of benzene rings is 1. The summed E-state index contributed by atoms with van der Waals surface area (Å²) in [5, 5.41) is 20.2. The summed E-state index contributed by atoms with van der Waals surface area (Å²) in [7, 11) is 0. The Morgan fingerprint density at radius 3 is 2.93 bits per heavy atom. The van der Waals surface area contributed by atoms with E-state index in [2.05, 4.69) is 32.3 Å². The van der Waals surface area contributed by atoms with Crippen molar-refractivity contribution in [1.82, 2.24) is 20.5 Å². The molecule has 5 N–H and O–H groups in total. The molecule has 0 bridgehead atoms. The van der Waals surface area contributed by atoms with Gasteiger partial charge in [-0.15, -0.1) is 0 Å². The quantitative estimate of drug-likeness (QED) is 0.488. The lowest BCUT2D eigenvalue weighted by Crippen LogP contribution is -2.36. The largest absolute Gasteiger partial charge is 0.369 e. The smallest absolute Gasteiger partial charge is 0.269 e. The number of H-pyrrole nitrogens is 1. The number of carbonyl (C=O) groups excluding carboxylic acids is 2. The molecule has 134 valence electrons. The molecular formula is C19H15N5O3. The highest BCUT2D eigenvalue weighted by Gasteiger charge is 2.38. The van der Waals surface area contributed by atoms with Crippen molar-refractivity contribution < 1.29 is 14.7 Å². The molecule has 0 spiro atoms. The van der Waals surface area contributed by atoms with Crippen LogP contribution < -0.4 is 11.1 Å². The molecule has 1 fully saturated rings. The Hall–Kier alpha value is -3.70. The van der Waals surface area contributed by atoms with E-state index in [0.717, 1.165) is 0 Å². The number of aromatic amines is 1. The number of nitrogens with two attached hydrogens (primary N) is 1. The Bertz CT molecular complexity index is 1140.